The summed E-state index contributed by atoms with van der Waals surface area (Å²) in [5, 5.41) is 0. The molecule has 1 aromatic carbocycles. The fourth-order valence-corrected chi connectivity index (χ4v) is 3.54. The van der Waals surface area contributed by atoms with Crippen molar-refractivity contribution >= 4 is 5.97 Å². The third-order valence-corrected chi connectivity index (χ3v) is 5.44. The highest BCUT2D eigenvalue weighted by molar-refractivity contribution is 5.79. The number of carbonyl (C=O) groups excluding carboxylic acids is 1. The van der Waals surface area contributed by atoms with Crippen molar-refractivity contribution in [2.75, 3.05) is 0 Å². The highest BCUT2D eigenvalue weighted by atomic mass is 16.6. The van der Waals surface area contributed by atoms with Crippen LogP contribution in [0.2, 0.25) is 0 Å². The molecular formula is C23H36O4. The monoisotopic (exact) mass is 376 g/mol. The molecule has 0 heterocycles. The van der Waals surface area contributed by atoms with Crippen LogP contribution in [-0.4, -0.2) is 29.9 Å². The van der Waals surface area contributed by atoms with Gasteiger partial charge in [0.05, 0.1) is 18.8 Å². The van der Waals surface area contributed by atoms with Crippen LogP contribution in [0, 0.1) is 0 Å². The van der Waals surface area contributed by atoms with Crippen molar-refractivity contribution in [2.45, 2.75) is 103 Å². The number of esters is 1. The van der Waals surface area contributed by atoms with Crippen LogP contribution in [0.4, 0.5) is 0 Å². The smallest absolute Gasteiger partial charge is 0.338 e. The Kier molecular flexibility index (Phi) is 8.78. The van der Waals surface area contributed by atoms with E-state index >= 15 is 0 Å². The summed E-state index contributed by atoms with van der Waals surface area (Å²) in [5.74, 6) is -0.259. The number of carbonyl (C=O) groups is 1. The largest absolute Gasteiger partial charge is 0.457 e. The van der Waals surface area contributed by atoms with Crippen LogP contribution < -0.4 is 0 Å². The molecule has 4 unspecified atom stereocenters. The molecule has 0 bridgehead atoms. The molecule has 0 aromatic heterocycles. The normalized spacial score (nSPS) is 23.4. The van der Waals surface area contributed by atoms with Gasteiger partial charge in [0.15, 0.2) is 5.60 Å². The second-order valence-corrected chi connectivity index (χ2v) is 7.88. The van der Waals surface area contributed by atoms with Gasteiger partial charge in [-0.15, -0.1) is 0 Å². The first-order chi connectivity index (χ1) is 13.0. The minimum Gasteiger partial charge on any atom is -0.457 e. The third kappa shape index (κ3) is 6.62. The summed E-state index contributed by atoms with van der Waals surface area (Å²) in [6.07, 6.45) is 6.51. The maximum Gasteiger partial charge on any atom is 0.338 e. The van der Waals surface area contributed by atoms with Crippen LogP contribution in [-0.2, 0) is 25.6 Å². The van der Waals surface area contributed by atoms with E-state index in [1.165, 1.54) is 0 Å². The lowest BCUT2D eigenvalue weighted by atomic mass is 9.93. The standard InChI is InChI=1S/C23H36O4/c1-5-16-23(4,25-17-19-12-8-7-9-13-19)22(24)27-21-15-11-10-14-20(21)26-18(3)6-2/h7-9,12-13,18,20-21H,5-6,10-11,14-17H2,1-4H3. The van der Waals surface area contributed by atoms with E-state index in [0.29, 0.717) is 13.0 Å². The van der Waals surface area contributed by atoms with Crippen LogP contribution in [0.15, 0.2) is 30.3 Å². The van der Waals surface area contributed by atoms with E-state index in [-0.39, 0.29) is 24.3 Å². The Morgan fingerprint density at radius 2 is 1.81 bits per heavy atom. The van der Waals surface area contributed by atoms with E-state index in [1.54, 1.807) is 0 Å². The quantitative estimate of drug-likeness (QED) is 0.511. The van der Waals surface area contributed by atoms with Gasteiger partial charge in [-0.3, -0.25) is 0 Å². The second-order valence-electron chi connectivity index (χ2n) is 7.88. The van der Waals surface area contributed by atoms with Crippen LogP contribution in [0.5, 0.6) is 0 Å². The average Bonchev–Trinajstić information content (AvgIpc) is 2.68. The minimum atomic E-state index is -0.928. The lowest BCUT2D eigenvalue weighted by Gasteiger charge is -2.36. The molecule has 0 aliphatic heterocycles. The number of rotatable bonds is 10. The Morgan fingerprint density at radius 1 is 1.15 bits per heavy atom. The first kappa shape index (κ1) is 21.9. The lowest BCUT2D eigenvalue weighted by molar-refractivity contribution is -0.191. The fraction of sp³-hybridized carbons (Fsp3) is 0.696. The molecule has 0 spiro atoms. The summed E-state index contributed by atoms with van der Waals surface area (Å²) in [5.41, 5.74) is 0.131. The van der Waals surface area contributed by atoms with Gasteiger partial charge in [0, 0.05) is 0 Å². The fourth-order valence-electron chi connectivity index (χ4n) is 3.54. The molecule has 27 heavy (non-hydrogen) atoms. The molecule has 4 heteroatoms. The second kappa shape index (κ2) is 10.8. The number of benzene rings is 1. The Balaban J connectivity index is 2.01. The van der Waals surface area contributed by atoms with Gasteiger partial charge in [-0.2, -0.15) is 0 Å². The Morgan fingerprint density at radius 3 is 2.44 bits per heavy atom. The van der Waals surface area contributed by atoms with E-state index in [1.807, 2.05) is 37.3 Å². The molecule has 4 nitrogen and oxygen atoms in total. The van der Waals surface area contributed by atoms with E-state index in [4.69, 9.17) is 14.2 Å². The van der Waals surface area contributed by atoms with Crippen molar-refractivity contribution in [3.63, 3.8) is 0 Å². The van der Waals surface area contributed by atoms with Gasteiger partial charge in [-0.05, 0) is 51.5 Å². The molecule has 1 aliphatic rings. The summed E-state index contributed by atoms with van der Waals surface area (Å²) >= 11 is 0. The molecule has 1 aliphatic carbocycles. The summed E-state index contributed by atoms with van der Waals surface area (Å²) in [6, 6.07) is 9.95. The maximum atomic E-state index is 13.0. The van der Waals surface area contributed by atoms with E-state index < -0.39 is 5.60 Å². The first-order valence-corrected chi connectivity index (χ1v) is 10.5. The molecule has 152 valence electrons. The molecule has 2 rings (SSSR count). The first-order valence-electron chi connectivity index (χ1n) is 10.5. The van der Waals surface area contributed by atoms with Gasteiger partial charge in [0.2, 0.25) is 0 Å². The number of ether oxygens (including phenoxy) is 3. The van der Waals surface area contributed by atoms with Crippen LogP contribution >= 0.6 is 0 Å². The van der Waals surface area contributed by atoms with Crippen molar-refractivity contribution in [1.82, 2.24) is 0 Å². The molecule has 0 N–H and O–H groups in total. The van der Waals surface area contributed by atoms with Crippen molar-refractivity contribution in [3.05, 3.63) is 35.9 Å². The van der Waals surface area contributed by atoms with Crippen molar-refractivity contribution < 1.29 is 19.0 Å². The van der Waals surface area contributed by atoms with Gasteiger partial charge in [-0.25, -0.2) is 4.79 Å². The number of hydrogen-bond donors (Lipinski definition) is 0. The zero-order chi connectivity index (χ0) is 19.7. The Bertz CT molecular complexity index is 559. The van der Waals surface area contributed by atoms with E-state index in [0.717, 1.165) is 44.1 Å². The van der Waals surface area contributed by atoms with Gasteiger partial charge in [0.25, 0.3) is 0 Å². The zero-order valence-electron chi connectivity index (χ0n) is 17.4. The molecule has 4 atom stereocenters. The number of hydrogen-bond acceptors (Lipinski definition) is 4. The van der Waals surface area contributed by atoms with Crippen LogP contribution in [0.1, 0.15) is 78.2 Å². The lowest BCUT2D eigenvalue weighted by Crippen LogP contribution is -2.45. The highest BCUT2D eigenvalue weighted by Crippen LogP contribution is 2.29. The average molecular weight is 377 g/mol. The van der Waals surface area contributed by atoms with Crippen LogP contribution in [0.3, 0.4) is 0 Å². The van der Waals surface area contributed by atoms with Gasteiger partial charge in [-0.1, -0.05) is 57.0 Å². The van der Waals surface area contributed by atoms with Gasteiger partial charge in [0.1, 0.15) is 6.10 Å². The maximum absolute atomic E-state index is 13.0. The molecule has 0 saturated heterocycles. The molecule has 1 saturated carbocycles. The predicted octanol–water partition coefficient (Wildman–Crippen LogP) is 5.43. The molecular weight excluding hydrogens is 340 g/mol. The Labute approximate surface area is 164 Å². The van der Waals surface area contributed by atoms with Crippen molar-refractivity contribution in [2.24, 2.45) is 0 Å². The summed E-state index contributed by atoms with van der Waals surface area (Å²) < 4.78 is 18.2. The van der Waals surface area contributed by atoms with Gasteiger partial charge < -0.3 is 14.2 Å². The topological polar surface area (TPSA) is 44.8 Å². The SMILES string of the molecule is CCCC(C)(OCc1ccccc1)C(=O)OC1CCCCC1OC(C)CC. The van der Waals surface area contributed by atoms with Gasteiger partial charge >= 0.3 is 5.97 Å². The molecule has 1 aromatic rings. The summed E-state index contributed by atoms with van der Waals surface area (Å²) in [6.45, 7) is 8.52. The molecule has 0 amide bonds. The third-order valence-electron chi connectivity index (χ3n) is 5.44. The minimum absolute atomic E-state index is 0.00218. The molecule has 1 fully saturated rings. The highest BCUT2D eigenvalue weighted by Gasteiger charge is 2.39. The zero-order valence-corrected chi connectivity index (χ0v) is 17.4. The Hall–Kier alpha value is -1.39. The van der Waals surface area contributed by atoms with E-state index in [9.17, 15) is 4.79 Å². The summed E-state index contributed by atoms with van der Waals surface area (Å²) in [7, 11) is 0. The molecule has 0 radical (unpaired) electrons. The summed E-state index contributed by atoms with van der Waals surface area (Å²) in [4.78, 5) is 13.0. The van der Waals surface area contributed by atoms with Crippen molar-refractivity contribution in [1.29, 1.82) is 0 Å². The van der Waals surface area contributed by atoms with Crippen molar-refractivity contribution in [3.8, 4) is 0 Å². The van der Waals surface area contributed by atoms with Crippen LogP contribution in [0.25, 0.3) is 0 Å². The van der Waals surface area contributed by atoms with E-state index in [2.05, 4.69) is 20.8 Å². The predicted molar refractivity (Wildman–Crippen MR) is 108 cm³/mol.